The summed E-state index contributed by atoms with van der Waals surface area (Å²) in [5, 5.41) is 0. The first-order chi connectivity index (χ1) is 6.45. The number of rotatable bonds is 2. The highest BCUT2D eigenvalue weighted by Crippen LogP contribution is 2.05. The molecule has 0 spiro atoms. The summed E-state index contributed by atoms with van der Waals surface area (Å²) in [6, 6.07) is 10.6. The summed E-state index contributed by atoms with van der Waals surface area (Å²) in [6.07, 6.45) is 1.02. The Balaban J connectivity index is 1.96. The standard InChI is InChI=1S/C12H13N/c1-3-7-12(8-4-1)11-13-9-5-2-6-10-13/h1,3-4,7-8H,5,9-11H2. The van der Waals surface area contributed by atoms with Crippen molar-refractivity contribution in [3.05, 3.63) is 35.9 Å². The van der Waals surface area contributed by atoms with Crippen LogP contribution in [-0.2, 0) is 6.54 Å². The lowest BCUT2D eigenvalue weighted by Gasteiger charge is -2.20. The molecule has 0 unspecified atom stereocenters. The number of benzene rings is 1. The van der Waals surface area contributed by atoms with E-state index in [2.05, 4.69) is 47.1 Å². The fourth-order valence-corrected chi connectivity index (χ4v) is 1.53. The molecule has 66 valence electrons. The highest BCUT2D eigenvalue weighted by atomic mass is 15.1. The molecule has 0 radical (unpaired) electrons. The van der Waals surface area contributed by atoms with Crippen molar-refractivity contribution in [1.29, 1.82) is 0 Å². The molecule has 1 nitrogen and oxygen atoms in total. The Kier molecular flexibility index (Phi) is 2.64. The van der Waals surface area contributed by atoms with Crippen LogP contribution < -0.4 is 0 Å². The van der Waals surface area contributed by atoms with Crippen LogP contribution in [0.25, 0.3) is 0 Å². The highest BCUT2D eigenvalue weighted by Gasteiger charge is 2.05. The molecular weight excluding hydrogens is 158 g/mol. The van der Waals surface area contributed by atoms with E-state index in [0.29, 0.717) is 0 Å². The van der Waals surface area contributed by atoms with Gasteiger partial charge in [0.25, 0.3) is 0 Å². The van der Waals surface area contributed by atoms with E-state index in [1.807, 2.05) is 0 Å². The van der Waals surface area contributed by atoms with Gasteiger partial charge in [-0.3, -0.25) is 4.90 Å². The zero-order valence-electron chi connectivity index (χ0n) is 7.66. The third-order valence-electron chi connectivity index (χ3n) is 2.23. The van der Waals surface area contributed by atoms with Gasteiger partial charge in [0.05, 0.1) is 6.54 Å². The van der Waals surface area contributed by atoms with Gasteiger partial charge in [-0.15, -0.1) is 5.92 Å². The topological polar surface area (TPSA) is 3.24 Å². The first-order valence-corrected chi connectivity index (χ1v) is 4.67. The van der Waals surface area contributed by atoms with Crippen molar-refractivity contribution >= 4 is 0 Å². The molecule has 1 heteroatoms. The SMILES string of the molecule is C1#CCN(Cc2ccccc2)CC1. The van der Waals surface area contributed by atoms with E-state index in [4.69, 9.17) is 0 Å². The lowest BCUT2D eigenvalue weighted by Crippen LogP contribution is -2.26. The first kappa shape index (κ1) is 8.34. The van der Waals surface area contributed by atoms with Gasteiger partial charge in [0.1, 0.15) is 0 Å². The third kappa shape index (κ3) is 2.34. The summed E-state index contributed by atoms with van der Waals surface area (Å²) in [5.74, 6) is 6.24. The lowest BCUT2D eigenvalue weighted by atomic mass is 10.2. The summed E-state index contributed by atoms with van der Waals surface area (Å²) < 4.78 is 0. The summed E-state index contributed by atoms with van der Waals surface area (Å²) in [5.41, 5.74) is 1.38. The predicted octanol–water partition coefficient (Wildman–Crippen LogP) is 1.90. The average molecular weight is 171 g/mol. The van der Waals surface area contributed by atoms with Gasteiger partial charge in [0, 0.05) is 19.5 Å². The van der Waals surface area contributed by atoms with Crippen LogP contribution in [-0.4, -0.2) is 18.0 Å². The summed E-state index contributed by atoms with van der Waals surface area (Å²) in [7, 11) is 0. The molecule has 1 aromatic rings. The number of hydrogen-bond donors (Lipinski definition) is 0. The van der Waals surface area contributed by atoms with E-state index in [0.717, 1.165) is 26.1 Å². The maximum Gasteiger partial charge on any atom is 0.0604 e. The van der Waals surface area contributed by atoms with E-state index in [-0.39, 0.29) is 0 Å². The van der Waals surface area contributed by atoms with Gasteiger partial charge in [-0.2, -0.15) is 0 Å². The van der Waals surface area contributed by atoms with Gasteiger partial charge in [0.2, 0.25) is 0 Å². The van der Waals surface area contributed by atoms with Crippen molar-refractivity contribution in [3.8, 4) is 11.8 Å². The number of nitrogens with zero attached hydrogens (tertiary/aromatic N) is 1. The second kappa shape index (κ2) is 4.11. The molecule has 0 bridgehead atoms. The Morgan fingerprint density at radius 2 is 2.00 bits per heavy atom. The number of hydrogen-bond acceptors (Lipinski definition) is 1. The largest absolute Gasteiger partial charge is 0.287 e. The molecule has 0 fully saturated rings. The van der Waals surface area contributed by atoms with Crippen LogP contribution in [0.5, 0.6) is 0 Å². The van der Waals surface area contributed by atoms with E-state index in [1.54, 1.807) is 0 Å². The molecular formula is C12H13N. The van der Waals surface area contributed by atoms with E-state index in [1.165, 1.54) is 5.56 Å². The van der Waals surface area contributed by atoms with Gasteiger partial charge < -0.3 is 0 Å². The van der Waals surface area contributed by atoms with Crippen molar-refractivity contribution in [2.24, 2.45) is 0 Å². The summed E-state index contributed by atoms with van der Waals surface area (Å²) >= 11 is 0. The Morgan fingerprint density at radius 1 is 1.15 bits per heavy atom. The normalized spacial score (nSPS) is 16.3. The highest BCUT2D eigenvalue weighted by molar-refractivity contribution is 5.15. The minimum Gasteiger partial charge on any atom is -0.287 e. The second-order valence-electron chi connectivity index (χ2n) is 3.30. The molecule has 0 saturated heterocycles. The molecule has 0 atom stereocenters. The molecule has 0 N–H and O–H groups in total. The smallest absolute Gasteiger partial charge is 0.0604 e. The molecule has 0 aliphatic carbocycles. The van der Waals surface area contributed by atoms with E-state index in [9.17, 15) is 0 Å². The third-order valence-corrected chi connectivity index (χ3v) is 2.23. The first-order valence-electron chi connectivity index (χ1n) is 4.67. The van der Waals surface area contributed by atoms with Gasteiger partial charge in [-0.05, 0) is 5.56 Å². The Labute approximate surface area is 79.4 Å². The van der Waals surface area contributed by atoms with E-state index < -0.39 is 0 Å². The molecule has 1 aliphatic rings. The predicted molar refractivity (Wildman–Crippen MR) is 54.1 cm³/mol. The van der Waals surface area contributed by atoms with Crippen LogP contribution in [0, 0.1) is 11.8 Å². The molecule has 13 heavy (non-hydrogen) atoms. The van der Waals surface area contributed by atoms with Crippen molar-refractivity contribution < 1.29 is 0 Å². The minimum absolute atomic E-state index is 0.925. The molecule has 1 aliphatic heterocycles. The van der Waals surface area contributed by atoms with E-state index >= 15 is 0 Å². The zero-order chi connectivity index (χ0) is 8.93. The molecule has 2 rings (SSSR count). The van der Waals surface area contributed by atoms with Crippen LogP contribution >= 0.6 is 0 Å². The average Bonchev–Trinajstić information content (AvgIpc) is 2.21. The monoisotopic (exact) mass is 171 g/mol. The van der Waals surface area contributed by atoms with Gasteiger partial charge >= 0.3 is 0 Å². The second-order valence-corrected chi connectivity index (χ2v) is 3.30. The van der Waals surface area contributed by atoms with Gasteiger partial charge in [0.15, 0.2) is 0 Å². The van der Waals surface area contributed by atoms with Crippen LogP contribution in [0.3, 0.4) is 0 Å². The minimum atomic E-state index is 0.925. The van der Waals surface area contributed by atoms with Crippen molar-refractivity contribution in [1.82, 2.24) is 4.90 Å². The maximum absolute atomic E-state index is 3.13. The molecule has 0 amide bonds. The van der Waals surface area contributed by atoms with Crippen LogP contribution in [0.2, 0.25) is 0 Å². The molecule has 0 saturated carbocycles. The fraction of sp³-hybridized carbons (Fsp3) is 0.333. The maximum atomic E-state index is 3.13. The fourth-order valence-electron chi connectivity index (χ4n) is 1.53. The molecule has 1 heterocycles. The summed E-state index contributed by atoms with van der Waals surface area (Å²) in [6.45, 7) is 3.08. The van der Waals surface area contributed by atoms with Gasteiger partial charge in [-0.25, -0.2) is 0 Å². The van der Waals surface area contributed by atoms with Crippen LogP contribution in [0.4, 0.5) is 0 Å². The lowest BCUT2D eigenvalue weighted by molar-refractivity contribution is 0.300. The quantitative estimate of drug-likeness (QED) is 0.614. The van der Waals surface area contributed by atoms with Crippen LogP contribution in [0.15, 0.2) is 30.3 Å². The van der Waals surface area contributed by atoms with Crippen molar-refractivity contribution in [2.75, 3.05) is 13.1 Å². The van der Waals surface area contributed by atoms with Crippen LogP contribution in [0.1, 0.15) is 12.0 Å². The Morgan fingerprint density at radius 3 is 2.69 bits per heavy atom. The molecule has 1 aromatic carbocycles. The zero-order valence-corrected chi connectivity index (χ0v) is 7.66. The summed E-state index contributed by atoms with van der Waals surface area (Å²) in [4.78, 5) is 2.38. The van der Waals surface area contributed by atoms with Gasteiger partial charge in [-0.1, -0.05) is 36.3 Å². The molecule has 0 aromatic heterocycles. The Bertz CT molecular complexity index is 318. The van der Waals surface area contributed by atoms with Crippen molar-refractivity contribution in [2.45, 2.75) is 13.0 Å². The van der Waals surface area contributed by atoms with Crippen molar-refractivity contribution in [3.63, 3.8) is 0 Å². The Hall–Kier alpha value is -1.26.